The fraction of sp³-hybridized carbons (Fsp3) is 0.421. The lowest BCUT2D eigenvalue weighted by Gasteiger charge is -2.31. The summed E-state index contributed by atoms with van der Waals surface area (Å²) >= 11 is 0. The highest BCUT2D eigenvalue weighted by Crippen LogP contribution is 2.60. The van der Waals surface area contributed by atoms with E-state index in [0.717, 1.165) is 29.7 Å². The van der Waals surface area contributed by atoms with Crippen LogP contribution in [0.1, 0.15) is 60.9 Å². The van der Waals surface area contributed by atoms with Crippen LogP contribution in [0.5, 0.6) is 0 Å². The monoisotopic (exact) mass is 726 g/mol. The fourth-order valence-corrected chi connectivity index (χ4v) is 11.1. The van der Waals surface area contributed by atoms with E-state index in [1.165, 1.54) is 12.1 Å². The number of nitro benzene ring substituents is 1. The number of carbonyl (C=O) groups is 2. The second kappa shape index (κ2) is 14.0. The first-order valence-electron chi connectivity index (χ1n) is 17.8. The highest BCUT2D eigenvalue weighted by Gasteiger charge is 2.66. The molecule has 5 atom stereocenters. The number of rotatable bonds is 11. The van der Waals surface area contributed by atoms with Gasteiger partial charge in [-0.1, -0.05) is 54.6 Å². The number of halogens is 1. The van der Waals surface area contributed by atoms with Gasteiger partial charge in [0.05, 0.1) is 41.5 Å². The summed E-state index contributed by atoms with van der Waals surface area (Å²) in [4.78, 5) is 42.2. The van der Waals surface area contributed by atoms with E-state index in [-0.39, 0.29) is 36.6 Å². The number of anilines is 2. The van der Waals surface area contributed by atoms with Gasteiger partial charge in [-0.3, -0.25) is 24.4 Å². The summed E-state index contributed by atoms with van der Waals surface area (Å²) in [6.45, 7) is 6.05. The van der Waals surface area contributed by atoms with Crippen molar-refractivity contribution in [1.29, 1.82) is 0 Å². The molecule has 14 heteroatoms. The van der Waals surface area contributed by atoms with Crippen LogP contribution in [0.4, 0.5) is 21.2 Å². The van der Waals surface area contributed by atoms with Gasteiger partial charge in [-0.15, -0.1) is 5.10 Å². The molecule has 12 nitrogen and oxygen atoms in total. The van der Waals surface area contributed by atoms with Crippen molar-refractivity contribution in [1.82, 2.24) is 15.0 Å². The smallest absolute Gasteiger partial charge is 0.269 e. The second-order valence-corrected chi connectivity index (χ2v) is 18.4. The first-order valence-corrected chi connectivity index (χ1v) is 20.8. The molecule has 52 heavy (non-hydrogen) atoms. The number of amides is 2. The van der Waals surface area contributed by atoms with Gasteiger partial charge in [-0.2, -0.15) is 0 Å². The molecule has 2 saturated heterocycles. The fourth-order valence-electron chi connectivity index (χ4n) is 8.52. The minimum absolute atomic E-state index is 0.0906. The average Bonchev–Trinajstić information content (AvgIpc) is 3.78. The molecule has 2 amide bonds. The van der Waals surface area contributed by atoms with Gasteiger partial charge >= 0.3 is 0 Å². The number of aliphatic hydroxyl groups is 1. The van der Waals surface area contributed by atoms with Crippen molar-refractivity contribution in [3.63, 3.8) is 0 Å². The molecular weight excluding hydrogens is 684 g/mol. The van der Waals surface area contributed by atoms with Crippen LogP contribution in [-0.4, -0.2) is 64.5 Å². The van der Waals surface area contributed by atoms with Crippen LogP contribution >= 0.6 is 0 Å². The molecule has 4 heterocycles. The van der Waals surface area contributed by atoms with Crippen molar-refractivity contribution < 1.29 is 28.5 Å². The predicted molar refractivity (Wildman–Crippen MR) is 195 cm³/mol. The normalized spacial score (nSPS) is 23.8. The lowest BCUT2D eigenvalue weighted by molar-refractivity contribution is -0.385. The Hall–Kier alpha value is -4.79. The summed E-state index contributed by atoms with van der Waals surface area (Å²) < 4.78 is 24.9. The number of benzene rings is 3. The number of ether oxygens (including phenoxy) is 1. The van der Waals surface area contributed by atoms with Gasteiger partial charge in [0.25, 0.3) is 11.6 Å². The van der Waals surface area contributed by atoms with Crippen LogP contribution in [0.25, 0.3) is 0 Å². The van der Waals surface area contributed by atoms with Crippen LogP contribution in [0, 0.1) is 16.0 Å². The molecule has 272 valence electrons. The Kier molecular flexibility index (Phi) is 9.57. The molecule has 2 fully saturated rings. The van der Waals surface area contributed by atoms with E-state index >= 15 is 4.11 Å². The number of aromatic nitrogens is 3. The van der Waals surface area contributed by atoms with E-state index in [2.05, 4.69) is 10.3 Å². The van der Waals surface area contributed by atoms with Crippen LogP contribution in [0.15, 0.2) is 79.0 Å². The number of fused-ring (bicyclic) bond motifs is 2. The van der Waals surface area contributed by atoms with E-state index in [9.17, 15) is 24.8 Å². The molecular formula is C38H43FN6O6Si. The largest absolute Gasteiger partial charge is 0.395 e. The van der Waals surface area contributed by atoms with Gasteiger partial charge < -0.3 is 23.8 Å². The Morgan fingerprint density at radius 1 is 1.10 bits per heavy atom. The third kappa shape index (κ3) is 6.32. The molecule has 4 aromatic rings. The molecule has 1 aromatic heterocycles. The molecule has 3 aliphatic heterocycles. The zero-order valence-corrected chi connectivity index (χ0v) is 30.5. The summed E-state index contributed by atoms with van der Waals surface area (Å²) in [5.41, 5.74) is 1.56. The van der Waals surface area contributed by atoms with Crippen molar-refractivity contribution in [3.8, 4) is 0 Å². The molecule has 0 aliphatic carbocycles. The lowest BCUT2D eigenvalue weighted by Crippen LogP contribution is -2.45. The summed E-state index contributed by atoms with van der Waals surface area (Å²) in [6, 6.07) is 21.4. The van der Waals surface area contributed by atoms with Gasteiger partial charge in [0.1, 0.15) is 0 Å². The number of nitro groups is 1. The van der Waals surface area contributed by atoms with Crippen LogP contribution < -0.4 is 9.80 Å². The van der Waals surface area contributed by atoms with Crippen LogP contribution in [-0.2, 0) is 33.0 Å². The number of non-ortho nitro benzene ring substituents is 1. The predicted octanol–water partition coefficient (Wildman–Crippen LogP) is 6.24. The first kappa shape index (κ1) is 35.6. The van der Waals surface area contributed by atoms with E-state index in [0.29, 0.717) is 42.9 Å². The number of carbonyl (C=O) groups excluding carboxylic acids is 2. The summed E-state index contributed by atoms with van der Waals surface area (Å²) in [6.07, 6.45) is 3.75. The van der Waals surface area contributed by atoms with Gasteiger partial charge in [0.15, 0.2) is 5.60 Å². The number of hydrogen-bond acceptors (Lipinski definition) is 8. The second-order valence-electron chi connectivity index (χ2n) is 14.6. The molecule has 0 radical (unpaired) electrons. The summed E-state index contributed by atoms with van der Waals surface area (Å²) in [7, 11) is -3.50. The highest BCUT2D eigenvalue weighted by atomic mass is 28.4. The molecule has 7 rings (SSSR count). The third-order valence-corrected chi connectivity index (χ3v) is 13.5. The maximum atomic E-state index is 16.4. The van der Waals surface area contributed by atoms with Gasteiger partial charge in [-0.25, -0.2) is 0 Å². The van der Waals surface area contributed by atoms with Crippen molar-refractivity contribution in [3.05, 3.63) is 111 Å². The minimum Gasteiger partial charge on any atom is -0.395 e. The Balaban J connectivity index is 1.18. The Bertz CT molecular complexity index is 1970. The zero-order chi connectivity index (χ0) is 36.8. The zero-order valence-electron chi connectivity index (χ0n) is 29.5. The van der Waals surface area contributed by atoms with E-state index < -0.39 is 36.5 Å². The number of nitrogens with zero attached hydrogens (tertiary/aromatic N) is 6. The standard InChI is InChI=1S/C38H43FN6O6Si/c1-25-36(52(2,3)39)34(18-20-42-23-32(40-41-42)30(24-46)27-9-5-4-6-10-27)51-38(25)31-21-29(45(49)50)16-17-33(31)44(37(38)48)22-26-12-14-28(15-13-26)43-19-8-7-11-35(43)47/h4-6,9-10,12-17,21,23,25,30,34,36,46H,7-8,11,18-20,22,24H2,1-3H3/t25-,30?,34+,36-,38+/m1/s1. The van der Waals surface area contributed by atoms with Crippen molar-refractivity contribution in [2.75, 3.05) is 23.0 Å². The number of aliphatic hydroxyl groups excluding tert-OH is 1. The summed E-state index contributed by atoms with van der Waals surface area (Å²) in [5.74, 6) is -1.28. The Morgan fingerprint density at radius 2 is 1.85 bits per heavy atom. The quantitative estimate of drug-likeness (QED) is 0.0829. The third-order valence-electron chi connectivity index (χ3n) is 11.0. The van der Waals surface area contributed by atoms with E-state index in [4.69, 9.17) is 4.74 Å². The molecule has 1 spiro atoms. The lowest BCUT2D eigenvalue weighted by atomic mass is 9.82. The number of aryl methyl sites for hydroxylation is 1. The summed E-state index contributed by atoms with van der Waals surface area (Å²) in [5, 5.41) is 30.7. The van der Waals surface area contributed by atoms with Crippen LogP contribution in [0.2, 0.25) is 18.6 Å². The van der Waals surface area contributed by atoms with Gasteiger partial charge in [-0.05, 0) is 61.7 Å². The van der Waals surface area contributed by atoms with Gasteiger partial charge in [0, 0.05) is 60.5 Å². The number of hydrogen-bond donors (Lipinski definition) is 1. The van der Waals surface area contributed by atoms with E-state index in [1.54, 1.807) is 39.8 Å². The average molecular weight is 727 g/mol. The topological polar surface area (TPSA) is 144 Å². The maximum Gasteiger partial charge on any atom is 0.269 e. The van der Waals surface area contributed by atoms with Crippen molar-refractivity contribution in [2.45, 2.75) is 82.0 Å². The van der Waals surface area contributed by atoms with E-state index in [1.807, 2.05) is 61.5 Å². The SMILES string of the molecule is C[C@@H]1[C@@H]([Si](C)(C)F)[C@H](CCn2cc(C(CO)c3ccccc3)nn2)O[C@@]12C(=O)N(Cc1ccc(N3CCCCC3=O)cc1)c1ccc([N+](=O)[O-])cc12. The maximum absolute atomic E-state index is 16.4. The van der Waals surface area contributed by atoms with Crippen LogP contribution in [0.3, 0.4) is 0 Å². The molecule has 3 aromatic carbocycles. The van der Waals surface area contributed by atoms with Crippen molar-refractivity contribution in [2.24, 2.45) is 5.92 Å². The Labute approximate surface area is 302 Å². The van der Waals surface area contributed by atoms with Gasteiger partial charge in [0.2, 0.25) is 14.3 Å². The molecule has 1 unspecified atom stereocenters. The minimum atomic E-state index is -3.50. The molecule has 1 N–H and O–H groups in total. The Morgan fingerprint density at radius 3 is 2.52 bits per heavy atom. The van der Waals surface area contributed by atoms with Crippen molar-refractivity contribution >= 4 is 37.3 Å². The first-order chi connectivity index (χ1) is 24.9. The molecule has 0 saturated carbocycles. The highest BCUT2D eigenvalue weighted by molar-refractivity contribution is 6.72. The molecule has 0 bridgehead atoms. The molecule has 3 aliphatic rings. The number of piperidine rings is 1.